The van der Waals surface area contributed by atoms with Crippen LogP contribution in [0.5, 0.6) is 0 Å². The van der Waals surface area contributed by atoms with E-state index in [1.807, 2.05) is 19.2 Å². The second-order valence-electron chi connectivity index (χ2n) is 5.42. The molecule has 2 heteroatoms. The van der Waals surface area contributed by atoms with Crippen molar-refractivity contribution < 1.29 is 0 Å². The molecule has 0 aromatic heterocycles. The van der Waals surface area contributed by atoms with Crippen LogP contribution in [0.3, 0.4) is 0 Å². The van der Waals surface area contributed by atoms with Gasteiger partial charge in [-0.05, 0) is 56.3 Å². The largest absolute Gasteiger partial charge is 0.320 e. The molecule has 1 aliphatic rings. The molecule has 1 saturated carbocycles. The molecule has 1 atom stereocenters. The molecular formula is C16H24ClN. The molecule has 1 fully saturated rings. The van der Waals surface area contributed by atoms with Crippen molar-refractivity contribution in [1.29, 1.82) is 0 Å². The second-order valence-corrected chi connectivity index (χ2v) is 5.83. The summed E-state index contributed by atoms with van der Waals surface area (Å²) in [4.78, 5) is 0. The van der Waals surface area contributed by atoms with Gasteiger partial charge in [-0.15, -0.1) is 0 Å². The van der Waals surface area contributed by atoms with Crippen molar-refractivity contribution in [3.8, 4) is 0 Å². The molecule has 18 heavy (non-hydrogen) atoms. The SMILES string of the molecule is CNCCC(c1ccccc1Cl)C1CCCCC1. The highest BCUT2D eigenvalue weighted by atomic mass is 35.5. The summed E-state index contributed by atoms with van der Waals surface area (Å²) in [6, 6.07) is 8.40. The van der Waals surface area contributed by atoms with Gasteiger partial charge in [0.15, 0.2) is 0 Å². The molecule has 2 rings (SSSR count). The van der Waals surface area contributed by atoms with Gasteiger partial charge in [0, 0.05) is 5.02 Å². The molecule has 100 valence electrons. The lowest BCUT2D eigenvalue weighted by molar-refractivity contribution is 0.293. The molecule has 1 aromatic carbocycles. The molecule has 0 amide bonds. The van der Waals surface area contributed by atoms with Gasteiger partial charge in [0.1, 0.15) is 0 Å². The minimum absolute atomic E-state index is 0.631. The van der Waals surface area contributed by atoms with Crippen LogP contribution in [0, 0.1) is 5.92 Å². The summed E-state index contributed by atoms with van der Waals surface area (Å²) in [7, 11) is 2.03. The van der Waals surface area contributed by atoms with E-state index in [1.54, 1.807) is 0 Å². The predicted octanol–water partition coefficient (Wildman–Crippen LogP) is 4.61. The van der Waals surface area contributed by atoms with Gasteiger partial charge in [0.05, 0.1) is 0 Å². The first-order valence-electron chi connectivity index (χ1n) is 7.22. The number of halogens is 1. The highest BCUT2D eigenvalue weighted by molar-refractivity contribution is 6.31. The van der Waals surface area contributed by atoms with E-state index in [4.69, 9.17) is 11.6 Å². The summed E-state index contributed by atoms with van der Waals surface area (Å²) in [5, 5.41) is 4.23. The molecule has 1 aromatic rings. The van der Waals surface area contributed by atoms with Gasteiger partial charge in [-0.25, -0.2) is 0 Å². The summed E-state index contributed by atoms with van der Waals surface area (Å²) >= 11 is 6.40. The third-order valence-corrected chi connectivity index (χ3v) is 4.57. The van der Waals surface area contributed by atoms with Crippen molar-refractivity contribution in [3.05, 3.63) is 34.9 Å². The number of rotatable bonds is 5. The van der Waals surface area contributed by atoms with Crippen LogP contribution >= 0.6 is 11.6 Å². The molecular weight excluding hydrogens is 242 g/mol. The van der Waals surface area contributed by atoms with E-state index < -0.39 is 0 Å². The second kappa shape index (κ2) is 7.16. The molecule has 1 nitrogen and oxygen atoms in total. The van der Waals surface area contributed by atoms with E-state index in [0.717, 1.165) is 17.5 Å². The van der Waals surface area contributed by atoms with Crippen molar-refractivity contribution in [2.24, 2.45) is 5.92 Å². The Hall–Kier alpha value is -0.530. The Labute approximate surface area is 116 Å². The van der Waals surface area contributed by atoms with Gasteiger partial charge in [0.25, 0.3) is 0 Å². The van der Waals surface area contributed by atoms with E-state index in [1.165, 1.54) is 44.1 Å². The van der Waals surface area contributed by atoms with Crippen molar-refractivity contribution in [2.45, 2.75) is 44.4 Å². The molecule has 0 aliphatic heterocycles. The first kappa shape index (κ1) is 13.9. The number of nitrogens with one attached hydrogen (secondary N) is 1. The minimum atomic E-state index is 0.631. The fraction of sp³-hybridized carbons (Fsp3) is 0.625. The predicted molar refractivity (Wildman–Crippen MR) is 79.3 cm³/mol. The fourth-order valence-corrected chi connectivity index (χ4v) is 3.53. The van der Waals surface area contributed by atoms with Gasteiger partial charge in [-0.2, -0.15) is 0 Å². The Morgan fingerprint density at radius 1 is 1.22 bits per heavy atom. The van der Waals surface area contributed by atoms with Crippen molar-refractivity contribution >= 4 is 11.6 Å². The summed E-state index contributed by atoms with van der Waals surface area (Å²) in [6.07, 6.45) is 8.15. The van der Waals surface area contributed by atoms with E-state index in [0.29, 0.717) is 5.92 Å². The van der Waals surface area contributed by atoms with Crippen LogP contribution in [0.15, 0.2) is 24.3 Å². The maximum absolute atomic E-state index is 6.40. The highest BCUT2D eigenvalue weighted by Gasteiger charge is 2.25. The van der Waals surface area contributed by atoms with Gasteiger partial charge in [0.2, 0.25) is 0 Å². The molecule has 0 heterocycles. The molecule has 1 unspecified atom stereocenters. The van der Waals surface area contributed by atoms with Gasteiger partial charge in [-0.3, -0.25) is 0 Å². The Bertz CT molecular complexity index is 358. The average molecular weight is 266 g/mol. The number of benzene rings is 1. The van der Waals surface area contributed by atoms with Gasteiger partial charge >= 0.3 is 0 Å². The third kappa shape index (κ3) is 3.49. The van der Waals surface area contributed by atoms with Crippen molar-refractivity contribution in [3.63, 3.8) is 0 Å². The van der Waals surface area contributed by atoms with Gasteiger partial charge < -0.3 is 5.32 Å². The standard InChI is InChI=1S/C16H24ClN/c1-18-12-11-14(13-7-3-2-4-8-13)15-9-5-6-10-16(15)17/h5-6,9-10,13-14,18H,2-4,7-8,11-12H2,1H3. The summed E-state index contributed by atoms with van der Waals surface area (Å²) < 4.78 is 0. The van der Waals surface area contributed by atoms with Crippen LogP contribution in [0.1, 0.15) is 50.0 Å². The molecule has 0 spiro atoms. The Morgan fingerprint density at radius 3 is 2.61 bits per heavy atom. The molecule has 0 bridgehead atoms. The average Bonchev–Trinajstić information content (AvgIpc) is 2.42. The van der Waals surface area contributed by atoms with Crippen molar-refractivity contribution in [2.75, 3.05) is 13.6 Å². The van der Waals surface area contributed by atoms with E-state index in [2.05, 4.69) is 17.4 Å². The van der Waals surface area contributed by atoms with Crippen LogP contribution in [0.25, 0.3) is 0 Å². The Balaban J connectivity index is 2.15. The molecule has 1 N–H and O–H groups in total. The lowest BCUT2D eigenvalue weighted by Crippen LogP contribution is -2.21. The zero-order valence-electron chi connectivity index (χ0n) is 11.3. The van der Waals surface area contributed by atoms with E-state index >= 15 is 0 Å². The smallest absolute Gasteiger partial charge is 0.0440 e. The monoisotopic (exact) mass is 265 g/mol. The quantitative estimate of drug-likeness (QED) is 0.820. The van der Waals surface area contributed by atoms with Gasteiger partial charge in [-0.1, -0.05) is 49.1 Å². The Morgan fingerprint density at radius 2 is 1.94 bits per heavy atom. The highest BCUT2D eigenvalue weighted by Crippen LogP contribution is 2.40. The normalized spacial score (nSPS) is 18.8. The summed E-state index contributed by atoms with van der Waals surface area (Å²) in [5.74, 6) is 1.46. The molecule has 0 saturated heterocycles. The topological polar surface area (TPSA) is 12.0 Å². The maximum atomic E-state index is 6.40. The molecule has 0 radical (unpaired) electrons. The third-order valence-electron chi connectivity index (χ3n) is 4.23. The zero-order valence-corrected chi connectivity index (χ0v) is 12.0. The lowest BCUT2D eigenvalue weighted by Gasteiger charge is -2.31. The molecule has 1 aliphatic carbocycles. The minimum Gasteiger partial charge on any atom is -0.320 e. The first-order valence-corrected chi connectivity index (χ1v) is 7.59. The number of hydrogen-bond acceptors (Lipinski definition) is 1. The van der Waals surface area contributed by atoms with E-state index in [9.17, 15) is 0 Å². The summed E-state index contributed by atoms with van der Waals surface area (Å²) in [5.41, 5.74) is 1.36. The van der Waals surface area contributed by atoms with Crippen LogP contribution in [-0.2, 0) is 0 Å². The Kier molecular flexibility index (Phi) is 5.52. The zero-order chi connectivity index (χ0) is 12.8. The van der Waals surface area contributed by atoms with Crippen LogP contribution in [0.2, 0.25) is 5.02 Å². The summed E-state index contributed by atoms with van der Waals surface area (Å²) in [6.45, 7) is 1.08. The van der Waals surface area contributed by atoms with Crippen LogP contribution in [0.4, 0.5) is 0 Å². The van der Waals surface area contributed by atoms with Crippen LogP contribution < -0.4 is 5.32 Å². The van der Waals surface area contributed by atoms with Crippen molar-refractivity contribution in [1.82, 2.24) is 5.32 Å². The lowest BCUT2D eigenvalue weighted by atomic mass is 9.75. The first-order chi connectivity index (χ1) is 8.83. The van der Waals surface area contributed by atoms with E-state index in [-0.39, 0.29) is 0 Å². The maximum Gasteiger partial charge on any atom is 0.0440 e. The fourth-order valence-electron chi connectivity index (χ4n) is 3.26. The number of hydrogen-bond donors (Lipinski definition) is 1. The van der Waals surface area contributed by atoms with Crippen LogP contribution in [-0.4, -0.2) is 13.6 Å².